The topological polar surface area (TPSA) is 20.3 Å². The Kier molecular flexibility index (Phi) is 4.94. The molecule has 0 N–H and O–H groups in total. The van der Waals surface area contributed by atoms with Crippen LogP contribution in [0.25, 0.3) is 0 Å². The third-order valence-corrected chi connectivity index (χ3v) is 3.48. The van der Waals surface area contributed by atoms with Gasteiger partial charge >= 0.3 is 0 Å². The molecule has 0 saturated heterocycles. The Labute approximate surface area is 121 Å². The fourth-order valence-corrected chi connectivity index (χ4v) is 2.19. The molecule has 0 radical (unpaired) electrons. The SMILES string of the molecule is CCN(CCc1ccccc1)C(=O)c1ccc(C)cc1. The predicted molar refractivity (Wildman–Crippen MR) is 82.9 cm³/mol. The Morgan fingerprint density at radius 3 is 2.25 bits per heavy atom. The standard InChI is InChI=1S/C18H21NO/c1-3-19(14-13-16-7-5-4-6-8-16)18(20)17-11-9-15(2)10-12-17/h4-12H,3,13-14H2,1-2H3. The summed E-state index contributed by atoms with van der Waals surface area (Å²) in [5.74, 6) is 0.114. The van der Waals surface area contributed by atoms with Gasteiger partial charge in [0, 0.05) is 18.7 Å². The van der Waals surface area contributed by atoms with Crippen molar-refractivity contribution in [1.82, 2.24) is 4.90 Å². The Balaban J connectivity index is 2.00. The average molecular weight is 267 g/mol. The van der Waals surface area contributed by atoms with Gasteiger partial charge in [0.25, 0.3) is 5.91 Å². The van der Waals surface area contributed by atoms with Crippen LogP contribution in [0.2, 0.25) is 0 Å². The highest BCUT2D eigenvalue weighted by atomic mass is 16.2. The van der Waals surface area contributed by atoms with Gasteiger partial charge in [-0.2, -0.15) is 0 Å². The van der Waals surface area contributed by atoms with Crippen molar-refractivity contribution in [2.75, 3.05) is 13.1 Å². The lowest BCUT2D eigenvalue weighted by Gasteiger charge is -2.21. The third kappa shape index (κ3) is 3.70. The van der Waals surface area contributed by atoms with Crippen LogP contribution in [0.1, 0.15) is 28.4 Å². The van der Waals surface area contributed by atoms with Gasteiger partial charge in [-0.3, -0.25) is 4.79 Å². The van der Waals surface area contributed by atoms with Crippen LogP contribution in [0.4, 0.5) is 0 Å². The first kappa shape index (κ1) is 14.3. The van der Waals surface area contributed by atoms with E-state index >= 15 is 0 Å². The zero-order valence-electron chi connectivity index (χ0n) is 12.2. The molecule has 0 bridgehead atoms. The third-order valence-electron chi connectivity index (χ3n) is 3.48. The second kappa shape index (κ2) is 6.90. The number of aryl methyl sites for hydroxylation is 1. The summed E-state index contributed by atoms with van der Waals surface area (Å²) in [5.41, 5.74) is 3.21. The number of carbonyl (C=O) groups excluding carboxylic acids is 1. The van der Waals surface area contributed by atoms with E-state index in [1.54, 1.807) is 0 Å². The lowest BCUT2D eigenvalue weighted by Crippen LogP contribution is -2.32. The zero-order valence-corrected chi connectivity index (χ0v) is 12.2. The number of rotatable bonds is 5. The Morgan fingerprint density at radius 2 is 1.65 bits per heavy atom. The van der Waals surface area contributed by atoms with Crippen molar-refractivity contribution in [3.8, 4) is 0 Å². The monoisotopic (exact) mass is 267 g/mol. The molecule has 2 aromatic carbocycles. The van der Waals surface area contributed by atoms with Crippen molar-refractivity contribution in [2.24, 2.45) is 0 Å². The molecule has 1 amide bonds. The minimum atomic E-state index is 0.114. The van der Waals surface area contributed by atoms with E-state index < -0.39 is 0 Å². The van der Waals surface area contributed by atoms with Crippen LogP contribution in [-0.2, 0) is 6.42 Å². The van der Waals surface area contributed by atoms with Crippen LogP contribution < -0.4 is 0 Å². The number of amides is 1. The van der Waals surface area contributed by atoms with Crippen molar-refractivity contribution >= 4 is 5.91 Å². The zero-order chi connectivity index (χ0) is 14.4. The highest BCUT2D eigenvalue weighted by Crippen LogP contribution is 2.09. The first-order valence-corrected chi connectivity index (χ1v) is 7.10. The van der Waals surface area contributed by atoms with Crippen LogP contribution in [0.5, 0.6) is 0 Å². The molecular weight excluding hydrogens is 246 g/mol. The summed E-state index contributed by atoms with van der Waals surface area (Å²) in [6, 6.07) is 18.1. The summed E-state index contributed by atoms with van der Waals surface area (Å²) in [6.07, 6.45) is 0.895. The quantitative estimate of drug-likeness (QED) is 0.809. The average Bonchev–Trinajstić information content (AvgIpc) is 2.49. The molecule has 0 unspecified atom stereocenters. The minimum absolute atomic E-state index is 0.114. The molecule has 0 spiro atoms. The maximum Gasteiger partial charge on any atom is 0.253 e. The summed E-state index contributed by atoms with van der Waals surface area (Å²) in [4.78, 5) is 14.3. The van der Waals surface area contributed by atoms with E-state index in [1.807, 2.05) is 61.2 Å². The number of hydrogen-bond donors (Lipinski definition) is 0. The molecule has 0 aliphatic rings. The van der Waals surface area contributed by atoms with Crippen LogP contribution in [-0.4, -0.2) is 23.9 Å². The van der Waals surface area contributed by atoms with E-state index in [9.17, 15) is 4.79 Å². The van der Waals surface area contributed by atoms with Crippen molar-refractivity contribution in [1.29, 1.82) is 0 Å². The fraction of sp³-hybridized carbons (Fsp3) is 0.278. The molecule has 0 aliphatic carbocycles. The molecule has 2 aromatic rings. The Morgan fingerprint density at radius 1 is 1.00 bits per heavy atom. The number of carbonyl (C=O) groups is 1. The number of hydrogen-bond acceptors (Lipinski definition) is 1. The molecule has 20 heavy (non-hydrogen) atoms. The summed E-state index contributed by atoms with van der Waals surface area (Å²) >= 11 is 0. The Hall–Kier alpha value is -2.09. The van der Waals surface area contributed by atoms with Crippen molar-refractivity contribution in [3.63, 3.8) is 0 Å². The molecule has 2 heteroatoms. The van der Waals surface area contributed by atoms with E-state index in [4.69, 9.17) is 0 Å². The second-order valence-electron chi connectivity index (χ2n) is 4.99. The second-order valence-corrected chi connectivity index (χ2v) is 4.99. The van der Waals surface area contributed by atoms with Gasteiger partial charge in [-0.15, -0.1) is 0 Å². The summed E-state index contributed by atoms with van der Waals surface area (Å²) in [7, 11) is 0. The van der Waals surface area contributed by atoms with Gasteiger partial charge in [0.1, 0.15) is 0 Å². The van der Waals surface area contributed by atoms with Crippen LogP contribution in [0.3, 0.4) is 0 Å². The molecule has 0 saturated carbocycles. The van der Waals surface area contributed by atoms with Crippen LogP contribution in [0.15, 0.2) is 54.6 Å². The Bertz CT molecular complexity index is 545. The maximum absolute atomic E-state index is 12.4. The normalized spacial score (nSPS) is 10.3. The smallest absolute Gasteiger partial charge is 0.253 e. The molecule has 0 aromatic heterocycles. The first-order chi connectivity index (χ1) is 9.70. The summed E-state index contributed by atoms with van der Waals surface area (Å²) in [6.45, 7) is 5.55. The fourth-order valence-electron chi connectivity index (χ4n) is 2.19. The van der Waals surface area contributed by atoms with Gasteiger partial charge in [0.2, 0.25) is 0 Å². The molecule has 0 atom stereocenters. The molecule has 0 fully saturated rings. The highest BCUT2D eigenvalue weighted by molar-refractivity contribution is 5.94. The van der Waals surface area contributed by atoms with Crippen molar-refractivity contribution in [2.45, 2.75) is 20.3 Å². The van der Waals surface area contributed by atoms with E-state index in [1.165, 1.54) is 11.1 Å². The van der Waals surface area contributed by atoms with Gasteiger partial charge in [-0.25, -0.2) is 0 Å². The molecule has 0 heterocycles. The number of likely N-dealkylation sites (N-methyl/N-ethyl adjacent to an activating group) is 1. The minimum Gasteiger partial charge on any atom is -0.339 e. The van der Waals surface area contributed by atoms with Gasteiger partial charge in [0.05, 0.1) is 0 Å². The first-order valence-electron chi connectivity index (χ1n) is 7.10. The molecule has 104 valence electrons. The van der Waals surface area contributed by atoms with Gasteiger partial charge < -0.3 is 4.90 Å². The van der Waals surface area contributed by atoms with Crippen molar-refractivity contribution in [3.05, 3.63) is 71.3 Å². The van der Waals surface area contributed by atoms with Gasteiger partial charge in [0.15, 0.2) is 0 Å². The van der Waals surface area contributed by atoms with Crippen molar-refractivity contribution < 1.29 is 4.79 Å². The molecule has 0 aliphatic heterocycles. The molecule has 2 rings (SSSR count). The van der Waals surface area contributed by atoms with Gasteiger partial charge in [-0.05, 0) is 38.0 Å². The lowest BCUT2D eigenvalue weighted by atomic mass is 10.1. The van der Waals surface area contributed by atoms with E-state index in [0.717, 1.165) is 25.1 Å². The molecular formula is C18H21NO. The lowest BCUT2D eigenvalue weighted by molar-refractivity contribution is 0.0766. The maximum atomic E-state index is 12.4. The summed E-state index contributed by atoms with van der Waals surface area (Å²) in [5, 5.41) is 0. The van der Waals surface area contributed by atoms with E-state index in [0.29, 0.717) is 0 Å². The predicted octanol–water partition coefficient (Wildman–Crippen LogP) is 3.70. The molecule has 2 nitrogen and oxygen atoms in total. The van der Waals surface area contributed by atoms with Crippen LogP contribution >= 0.6 is 0 Å². The largest absolute Gasteiger partial charge is 0.339 e. The number of nitrogens with zero attached hydrogens (tertiary/aromatic N) is 1. The van der Waals surface area contributed by atoms with E-state index in [2.05, 4.69) is 12.1 Å². The van der Waals surface area contributed by atoms with Crippen LogP contribution in [0, 0.1) is 6.92 Å². The summed E-state index contributed by atoms with van der Waals surface area (Å²) < 4.78 is 0. The highest BCUT2D eigenvalue weighted by Gasteiger charge is 2.13. The van der Waals surface area contributed by atoms with Gasteiger partial charge in [-0.1, -0.05) is 48.0 Å². The van der Waals surface area contributed by atoms with E-state index in [-0.39, 0.29) is 5.91 Å². The number of benzene rings is 2.